The molecule has 1 fully saturated rings. The van der Waals surface area contributed by atoms with Crippen LogP contribution in [0.15, 0.2) is 88.4 Å². The predicted octanol–water partition coefficient (Wildman–Crippen LogP) is 4.21. The first-order chi connectivity index (χ1) is 21.4. The van der Waals surface area contributed by atoms with Crippen molar-refractivity contribution in [3.05, 3.63) is 101 Å². The van der Waals surface area contributed by atoms with Crippen LogP contribution in [0.25, 0.3) is 11.6 Å². The zero-order valence-corrected chi connectivity index (χ0v) is 24.3. The van der Waals surface area contributed by atoms with Gasteiger partial charge in [0.25, 0.3) is 0 Å². The maximum atomic E-state index is 13.4. The average molecular weight is 602 g/mol. The summed E-state index contributed by atoms with van der Waals surface area (Å²) in [5.74, 6) is -2.72. The number of hydrogen-bond acceptors (Lipinski definition) is 9. The van der Waals surface area contributed by atoms with Crippen LogP contribution in [0, 0.1) is 17.8 Å². The lowest BCUT2D eigenvalue weighted by atomic mass is 9.68. The van der Waals surface area contributed by atoms with Crippen LogP contribution in [-0.2, 0) is 20.9 Å². The first-order valence-corrected chi connectivity index (χ1v) is 14.5. The molecule has 2 heterocycles. The van der Waals surface area contributed by atoms with Crippen molar-refractivity contribution in [1.82, 2.24) is 4.90 Å². The lowest BCUT2D eigenvalue weighted by molar-refractivity contribution is -0.137. The molecule has 4 atom stereocenters. The number of aliphatic hydroxyl groups is 3. The number of nitrogens with zero attached hydrogens (tertiary/aromatic N) is 1. The molecule has 2 aromatic carbocycles. The van der Waals surface area contributed by atoms with E-state index in [4.69, 9.17) is 9.15 Å². The molecule has 5 rings (SSSR count). The molecule has 3 amide bonds. The van der Waals surface area contributed by atoms with Crippen molar-refractivity contribution in [2.75, 3.05) is 20.3 Å². The van der Waals surface area contributed by atoms with Crippen molar-refractivity contribution in [2.45, 2.75) is 32.0 Å². The highest BCUT2D eigenvalue weighted by Crippen LogP contribution is 2.46. The molecule has 0 spiro atoms. The van der Waals surface area contributed by atoms with Crippen LogP contribution in [0.1, 0.15) is 36.3 Å². The Morgan fingerprint density at radius 3 is 2.36 bits per heavy atom. The van der Waals surface area contributed by atoms with Gasteiger partial charge in [-0.2, -0.15) is 4.90 Å². The van der Waals surface area contributed by atoms with Gasteiger partial charge in [-0.25, -0.2) is 4.79 Å². The van der Waals surface area contributed by atoms with E-state index in [1.807, 2.05) is 54.6 Å². The number of ether oxygens (including phenoxy) is 2. The number of furan rings is 1. The van der Waals surface area contributed by atoms with Gasteiger partial charge in [-0.05, 0) is 71.9 Å². The van der Waals surface area contributed by atoms with Gasteiger partial charge in [0.05, 0.1) is 31.7 Å². The standard InChI is InChI=1S/C34H35NO9/c1-42-34(41)35-32(39)27-17-23(20-43-24-10-6-3-7-11-24)30(28(19-37)31(27)33(35)40)29(38)15-12-22(21-8-4-2-5-9-21)16-25-13-14-26(18-36)44-25/h2-11,13-14,16,27-29,31,36-38H,12,15,17-20H2,1H3/b22-16-/t27-,28+,29-,31-/m1/s1. The van der Waals surface area contributed by atoms with Gasteiger partial charge in [-0.15, -0.1) is 0 Å². The van der Waals surface area contributed by atoms with E-state index in [0.29, 0.717) is 39.7 Å². The van der Waals surface area contributed by atoms with E-state index >= 15 is 0 Å². The Kier molecular flexibility index (Phi) is 9.74. The number of para-hydroxylation sites is 1. The first-order valence-electron chi connectivity index (χ1n) is 14.5. The second-order valence-electron chi connectivity index (χ2n) is 10.8. The number of hydrogen-bond donors (Lipinski definition) is 3. The molecule has 3 aromatic rings. The molecular weight excluding hydrogens is 566 g/mol. The third-order valence-electron chi connectivity index (χ3n) is 8.24. The number of carbonyl (C=O) groups is 3. The zero-order chi connectivity index (χ0) is 31.2. The van der Waals surface area contributed by atoms with Gasteiger partial charge in [0.15, 0.2) is 0 Å². The molecule has 1 aliphatic carbocycles. The summed E-state index contributed by atoms with van der Waals surface area (Å²) in [6, 6.07) is 22.1. The Balaban J connectivity index is 1.47. The minimum Gasteiger partial charge on any atom is -0.489 e. The maximum Gasteiger partial charge on any atom is 0.423 e. The van der Waals surface area contributed by atoms with Crippen molar-refractivity contribution < 1.29 is 43.6 Å². The molecule has 0 saturated carbocycles. The second-order valence-corrected chi connectivity index (χ2v) is 10.8. The molecule has 3 N–H and O–H groups in total. The average Bonchev–Trinajstić information content (AvgIpc) is 3.62. The Bertz CT molecular complexity index is 1540. The molecule has 0 bridgehead atoms. The number of imide groups is 3. The normalized spacial score (nSPS) is 21.0. The number of amides is 3. The van der Waals surface area contributed by atoms with Crippen LogP contribution in [0.5, 0.6) is 5.75 Å². The van der Waals surface area contributed by atoms with Crippen LogP contribution in [0.2, 0.25) is 0 Å². The van der Waals surface area contributed by atoms with Gasteiger partial charge in [0.2, 0.25) is 11.8 Å². The fourth-order valence-electron chi connectivity index (χ4n) is 6.18. The van der Waals surface area contributed by atoms with Crippen LogP contribution in [0.4, 0.5) is 4.79 Å². The number of carbonyl (C=O) groups excluding carboxylic acids is 3. The maximum absolute atomic E-state index is 13.4. The number of rotatable bonds is 11. The second kappa shape index (κ2) is 13.9. The summed E-state index contributed by atoms with van der Waals surface area (Å²) in [5, 5.41) is 31.7. The van der Waals surface area contributed by atoms with Gasteiger partial charge in [0.1, 0.15) is 30.5 Å². The van der Waals surface area contributed by atoms with E-state index in [1.165, 1.54) is 0 Å². The van der Waals surface area contributed by atoms with Crippen LogP contribution < -0.4 is 4.74 Å². The SMILES string of the molecule is COC(=O)N1C(=O)[C@@H]2[C@@H](CC(COc3ccccc3)=C([C@H](O)CC/C(=C/c3ccc(CO)o3)c3ccccc3)[C@@H]2CO)C1=O. The summed E-state index contributed by atoms with van der Waals surface area (Å²) in [4.78, 5) is 39.5. The summed E-state index contributed by atoms with van der Waals surface area (Å²) >= 11 is 0. The molecule has 10 nitrogen and oxygen atoms in total. The number of methoxy groups -OCH3 is 1. The molecule has 1 aromatic heterocycles. The molecular formula is C34H35NO9. The van der Waals surface area contributed by atoms with Crippen molar-refractivity contribution in [3.8, 4) is 5.75 Å². The third kappa shape index (κ3) is 6.37. The third-order valence-corrected chi connectivity index (χ3v) is 8.24. The smallest absolute Gasteiger partial charge is 0.423 e. The minimum absolute atomic E-state index is 0.0214. The van der Waals surface area contributed by atoms with Gasteiger partial charge < -0.3 is 29.2 Å². The lowest BCUT2D eigenvalue weighted by Gasteiger charge is -2.36. The fourth-order valence-corrected chi connectivity index (χ4v) is 6.18. The minimum atomic E-state index is -1.10. The molecule has 1 aliphatic heterocycles. The number of allylic oxidation sites excluding steroid dienone is 1. The van der Waals surface area contributed by atoms with E-state index in [-0.39, 0.29) is 26.1 Å². The monoisotopic (exact) mass is 601 g/mol. The molecule has 230 valence electrons. The number of likely N-dealkylation sites (tertiary alicyclic amines) is 1. The predicted molar refractivity (Wildman–Crippen MR) is 160 cm³/mol. The Labute approximate surface area is 254 Å². The number of aliphatic hydroxyl groups excluding tert-OH is 3. The van der Waals surface area contributed by atoms with Crippen molar-refractivity contribution >= 4 is 29.6 Å². The van der Waals surface area contributed by atoms with Crippen molar-refractivity contribution in [3.63, 3.8) is 0 Å². The van der Waals surface area contributed by atoms with E-state index in [0.717, 1.165) is 18.2 Å². The highest BCUT2D eigenvalue weighted by atomic mass is 16.5. The number of benzene rings is 2. The molecule has 44 heavy (non-hydrogen) atoms. The van der Waals surface area contributed by atoms with E-state index in [2.05, 4.69) is 4.74 Å². The Morgan fingerprint density at radius 2 is 1.73 bits per heavy atom. The highest BCUT2D eigenvalue weighted by molar-refractivity contribution is 6.16. The Morgan fingerprint density at radius 1 is 1.02 bits per heavy atom. The largest absolute Gasteiger partial charge is 0.489 e. The van der Waals surface area contributed by atoms with Gasteiger partial charge in [-0.1, -0.05) is 48.5 Å². The summed E-state index contributed by atoms with van der Waals surface area (Å²) in [7, 11) is 1.09. The molecule has 10 heteroatoms. The zero-order valence-electron chi connectivity index (χ0n) is 24.3. The van der Waals surface area contributed by atoms with Crippen LogP contribution in [-0.4, -0.2) is 64.6 Å². The van der Waals surface area contributed by atoms with Crippen molar-refractivity contribution in [1.29, 1.82) is 0 Å². The summed E-state index contributed by atoms with van der Waals surface area (Å²) in [6.45, 7) is -0.726. The van der Waals surface area contributed by atoms with Gasteiger partial charge in [-0.3, -0.25) is 9.59 Å². The topological polar surface area (TPSA) is 147 Å². The molecule has 0 unspecified atom stereocenters. The van der Waals surface area contributed by atoms with Gasteiger partial charge >= 0.3 is 6.09 Å². The van der Waals surface area contributed by atoms with E-state index in [1.54, 1.807) is 24.3 Å². The quantitative estimate of drug-likeness (QED) is 0.217. The van der Waals surface area contributed by atoms with Crippen molar-refractivity contribution in [2.24, 2.45) is 17.8 Å². The van der Waals surface area contributed by atoms with Gasteiger partial charge in [0, 0.05) is 5.92 Å². The van der Waals surface area contributed by atoms with E-state index < -0.39 is 48.4 Å². The summed E-state index contributed by atoms with van der Waals surface area (Å²) in [5.41, 5.74) is 2.81. The summed E-state index contributed by atoms with van der Waals surface area (Å²) < 4.78 is 16.4. The van der Waals surface area contributed by atoms with E-state index in [9.17, 15) is 29.7 Å². The fraction of sp³-hybridized carbons (Fsp3) is 0.324. The first kappa shape index (κ1) is 30.9. The lowest BCUT2D eigenvalue weighted by Crippen LogP contribution is -2.40. The molecule has 1 saturated heterocycles. The Hall–Kier alpha value is -4.51. The molecule has 2 aliphatic rings. The summed E-state index contributed by atoms with van der Waals surface area (Å²) in [6.07, 6.45) is 0.364. The van der Waals surface area contributed by atoms with Crippen LogP contribution in [0.3, 0.4) is 0 Å². The number of fused-ring (bicyclic) bond motifs is 1. The molecule has 0 radical (unpaired) electrons. The highest BCUT2D eigenvalue weighted by Gasteiger charge is 2.57. The van der Waals surface area contributed by atoms with Crippen LogP contribution >= 0.6 is 0 Å².